The van der Waals surface area contributed by atoms with E-state index in [0.717, 1.165) is 5.56 Å². The van der Waals surface area contributed by atoms with Gasteiger partial charge in [-0.25, -0.2) is 0 Å². The quantitative estimate of drug-likeness (QED) is 0.324. The van der Waals surface area contributed by atoms with Crippen molar-refractivity contribution in [2.24, 2.45) is 27.3 Å². The number of nitrogens with zero attached hydrogens (tertiary/aromatic N) is 2. The first-order valence-corrected chi connectivity index (χ1v) is 10.5. The van der Waals surface area contributed by atoms with Crippen molar-refractivity contribution in [1.29, 1.82) is 0 Å². The second-order valence-electron chi connectivity index (χ2n) is 8.88. The monoisotopic (exact) mass is 411 g/mol. The van der Waals surface area contributed by atoms with Crippen LogP contribution in [0.4, 0.5) is 0 Å². The predicted octanol–water partition coefficient (Wildman–Crippen LogP) is 3.10. The van der Waals surface area contributed by atoms with Crippen molar-refractivity contribution in [3.63, 3.8) is 0 Å². The Balaban J connectivity index is 1.61. The molecule has 1 aromatic carbocycles. The Labute approximate surface area is 179 Å². The Kier molecular flexibility index (Phi) is 7.65. The van der Waals surface area contributed by atoms with E-state index < -0.39 is 0 Å². The standard InChI is InChI=1S/C24H33N3O3/c1-17-5-6-19(10-9-18-7-8-18)11-20(17)12-22(28-4)21(27-25)13-26-14-23-29-15-24(2,3)16-30-23/h5-6,11,13,18,22-23H,7-8,12,14-16,25H2,1-4H3/b26-13?,27-21+. The van der Waals surface area contributed by atoms with E-state index in [1.807, 2.05) is 0 Å². The van der Waals surface area contributed by atoms with Crippen LogP contribution in [-0.2, 0) is 20.6 Å². The lowest BCUT2D eigenvalue weighted by Crippen LogP contribution is -2.39. The number of rotatable bonds is 7. The molecule has 0 spiro atoms. The number of benzene rings is 1. The molecule has 0 aromatic heterocycles. The van der Waals surface area contributed by atoms with Crippen LogP contribution in [0.2, 0.25) is 0 Å². The third-order valence-corrected chi connectivity index (χ3v) is 5.31. The van der Waals surface area contributed by atoms with Gasteiger partial charge in [0.05, 0.1) is 19.8 Å². The molecule has 1 atom stereocenters. The topological polar surface area (TPSA) is 78.4 Å². The SMILES string of the molecule is COC(Cc1cc(C#CC2CC2)ccc1C)/C(C=NCC1OCC(C)(C)CO1)=N/N. The molecule has 0 radical (unpaired) electrons. The maximum Gasteiger partial charge on any atom is 0.176 e. The van der Waals surface area contributed by atoms with Crippen molar-refractivity contribution < 1.29 is 14.2 Å². The number of hydrazone groups is 1. The van der Waals surface area contributed by atoms with Crippen molar-refractivity contribution in [3.05, 3.63) is 34.9 Å². The largest absolute Gasteiger partial charge is 0.375 e. The molecule has 6 nitrogen and oxygen atoms in total. The van der Waals surface area contributed by atoms with Gasteiger partial charge in [0.1, 0.15) is 11.8 Å². The third-order valence-electron chi connectivity index (χ3n) is 5.31. The second kappa shape index (κ2) is 10.2. The molecular formula is C24H33N3O3. The van der Waals surface area contributed by atoms with Crippen LogP contribution in [0.25, 0.3) is 0 Å². The number of methoxy groups -OCH3 is 1. The summed E-state index contributed by atoms with van der Waals surface area (Å²) in [6.45, 7) is 8.03. The highest BCUT2D eigenvalue weighted by molar-refractivity contribution is 6.32. The number of aliphatic imine (C=N–C) groups is 1. The van der Waals surface area contributed by atoms with E-state index in [1.165, 1.54) is 24.0 Å². The van der Waals surface area contributed by atoms with Crippen molar-refractivity contribution in [2.45, 2.75) is 52.4 Å². The summed E-state index contributed by atoms with van der Waals surface area (Å²) >= 11 is 0. The van der Waals surface area contributed by atoms with E-state index in [1.54, 1.807) is 13.3 Å². The molecule has 2 N–H and O–H groups in total. The van der Waals surface area contributed by atoms with Gasteiger partial charge in [0.2, 0.25) is 0 Å². The first-order valence-electron chi connectivity index (χ1n) is 10.5. The van der Waals surface area contributed by atoms with Crippen molar-refractivity contribution in [1.82, 2.24) is 0 Å². The Bertz CT molecular complexity index is 837. The molecule has 0 amide bonds. The zero-order chi connectivity index (χ0) is 21.6. The Morgan fingerprint density at radius 2 is 2.07 bits per heavy atom. The molecule has 1 saturated heterocycles. The molecule has 162 valence electrons. The highest BCUT2D eigenvalue weighted by Gasteiger charge is 2.28. The normalized spacial score (nSPS) is 20.7. The van der Waals surface area contributed by atoms with E-state index in [2.05, 4.69) is 60.9 Å². The number of aryl methyl sites for hydroxylation is 1. The summed E-state index contributed by atoms with van der Waals surface area (Å²) in [6.07, 6.45) is 4.12. The van der Waals surface area contributed by atoms with Gasteiger partial charge in [-0.2, -0.15) is 5.10 Å². The highest BCUT2D eigenvalue weighted by atomic mass is 16.7. The van der Waals surface area contributed by atoms with Gasteiger partial charge in [-0.15, -0.1) is 0 Å². The minimum atomic E-state index is -0.335. The van der Waals surface area contributed by atoms with Gasteiger partial charge in [-0.1, -0.05) is 31.8 Å². The van der Waals surface area contributed by atoms with E-state index in [-0.39, 0.29) is 17.8 Å². The average Bonchev–Trinajstić information content (AvgIpc) is 3.56. The smallest absolute Gasteiger partial charge is 0.176 e. The van der Waals surface area contributed by atoms with E-state index >= 15 is 0 Å². The lowest BCUT2D eigenvalue weighted by Gasteiger charge is -2.33. The van der Waals surface area contributed by atoms with Crippen LogP contribution >= 0.6 is 0 Å². The van der Waals surface area contributed by atoms with Crippen LogP contribution in [0.1, 0.15) is 43.4 Å². The summed E-state index contributed by atoms with van der Waals surface area (Å²) in [4.78, 5) is 4.43. The molecule has 2 fully saturated rings. The molecule has 1 heterocycles. The van der Waals surface area contributed by atoms with Gasteiger partial charge in [-0.05, 0) is 43.0 Å². The Morgan fingerprint density at radius 3 is 2.70 bits per heavy atom. The maximum absolute atomic E-state index is 5.71. The van der Waals surface area contributed by atoms with Crippen LogP contribution < -0.4 is 5.84 Å². The molecular weight excluding hydrogens is 378 g/mol. The molecule has 1 unspecified atom stereocenters. The second-order valence-corrected chi connectivity index (χ2v) is 8.88. The van der Waals surface area contributed by atoms with E-state index in [9.17, 15) is 0 Å². The number of nitrogens with two attached hydrogens (primary N) is 1. The predicted molar refractivity (Wildman–Crippen MR) is 120 cm³/mol. The molecule has 1 aromatic rings. The fourth-order valence-corrected chi connectivity index (χ4v) is 3.15. The first kappa shape index (κ1) is 22.5. The van der Waals surface area contributed by atoms with Crippen LogP contribution in [0.15, 0.2) is 28.3 Å². The molecule has 30 heavy (non-hydrogen) atoms. The molecule has 2 aliphatic rings. The zero-order valence-corrected chi connectivity index (χ0v) is 18.5. The molecule has 6 heteroatoms. The highest BCUT2D eigenvalue weighted by Crippen LogP contribution is 2.27. The van der Waals surface area contributed by atoms with E-state index in [4.69, 9.17) is 20.1 Å². The first-order chi connectivity index (χ1) is 14.4. The van der Waals surface area contributed by atoms with E-state index in [0.29, 0.717) is 37.8 Å². The lowest BCUT2D eigenvalue weighted by molar-refractivity contribution is -0.215. The van der Waals surface area contributed by atoms with Crippen LogP contribution in [0.3, 0.4) is 0 Å². The van der Waals surface area contributed by atoms with Gasteiger partial charge in [0, 0.05) is 36.6 Å². The molecule has 1 saturated carbocycles. The van der Waals surface area contributed by atoms with Gasteiger partial charge in [-0.3, -0.25) is 4.99 Å². The Hall–Kier alpha value is -2.20. The van der Waals surface area contributed by atoms with Crippen molar-refractivity contribution in [3.8, 4) is 11.8 Å². The summed E-state index contributed by atoms with van der Waals surface area (Å²) < 4.78 is 17.1. The molecule has 1 aliphatic carbocycles. The summed E-state index contributed by atoms with van der Waals surface area (Å²) in [5.41, 5.74) is 4.02. The summed E-state index contributed by atoms with van der Waals surface area (Å²) in [5.74, 6) is 12.8. The average molecular weight is 412 g/mol. The fourth-order valence-electron chi connectivity index (χ4n) is 3.15. The van der Waals surface area contributed by atoms with Crippen LogP contribution in [0.5, 0.6) is 0 Å². The van der Waals surface area contributed by atoms with Gasteiger partial charge in [0.25, 0.3) is 0 Å². The van der Waals surface area contributed by atoms with Crippen LogP contribution in [-0.4, -0.2) is 51.2 Å². The zero-order valence-electron chi connectivity index (χ0n) is 18.5. The van der Waals surface area contributed by atoms with Gasteiger partial charge >= 0.3 is 0 Å². The maximum atomic E-state index is 5.71. The minimum absolute atomic E-state index is 0.0423. The van der Waals surface area contributed by atoms with Crippen molar-refractivity contribution >= 4 is 11.9 Å². The van der Waals surface area contributed by atoms with Gasteiger partial charge < -0.3 is 20.1 Å². The summed E-state index contributed by atoms with van der Waals surface area (Å²) in [5, 5.41) is 3.91. The fraction of sp³-hybridized carbons (Fsp3) is 0.583. The Morgan fingerprint density at radius 1 is 1.33 bits per heavy atom. The number of ether oxygens (including phenoxy) is 3. The van der Waals surface area contributed by atoms with Crippen LogP contribution in [0, 0.1) is 30.1 Å². The molecule has 3 rings (SSSR count). The number of hydrogen-bond acceptors (Lipinski definition) is 6. The molecule has 0 bridgehead atoms. The minimum Gasteiger partial charge on any atom is -0.375 e. The summed E-state index contributed by atoms with van der Waals surface area (Å²) in [7, 11) is 1.66. The lowest BCUT2D eigenvalue weighted by atomic mass is 9.96. The number of hydrogen-bond donors (Lipinski definition) is 1. The van der Waals surface area contributed by atoms with Gasteiger partial charge in [0.15, 0.2) is 6.29 Å². The third kappa shape index (κ3) is 6.66. The summed E-state index contributed by atoms with van der Waals surface area (Å²) in [6, 6.07) is 6.31. The molecule has 1 aliphatic heterocycles. The van der Waals surface area contributed by atoms with Crippen molar-refractivity contribution in [2.75, 3.05) is 26.9 Å².